The van der Waals surface area contributed by atoms with Crippen molar-refractivity contribution in [2.24, 2.45) is 4.99 Å². The summed E-state index contributed by atoms with van der Waals surface area (Å²) in [6.07, 6.45) is 7.75. The lowest BCUT2D eigenvalue weighted by Gasteiger charge is -2.36. The third-order valence-electron chi connectivity index (χ3n) is 4.57. The van der Waals surface area contributed by atoms with E-state index in [0.717, 1.165) is 44.1 Å². The minimum absolute atomic E-state index is 0.337. The zero-order chi connectivity index (χ0) is 17.6. The van der Waals surface area contributed by atoms with Gasteiger partial charge in [0.25, 0.3) is 0 Å². The zero-order valence-corrected chi connectivity index (χ0v) is 15.5. The second-order valence-electron chi connectivity index (χ2n) is 6.67. The molecule has 1 atom stereocenters. The van der Waals surface area contributed by atoms with Crippen molar-refractivity contribution in [3.8, 4) is 5.75 Å². The minimum atomic E-state index is -0.359. The highest BCUT2D eigenvalue weighted by Crippen LogP contribution is 2.21. The Morgan fingerprint density at radius 2 is 2.16 bits per heavy atom. The first kappa shape index (κ1) is 17.9. The first-order chi connectivity index (χ1) is 12.2. The van der Waals surface area contributed by atoms with E-state index in [-0.39, 0.29) is 5.62 Å². The first-order valence-electron chi connectivity index (χ1n) is 9.13. The number of amidine groups is 1. The number of fused-ring (bicyclic) bond motifs is 1. The molecule has 0 amide bonds. The average molecular weight is 363 g/mol. The van der Waals surface area contributed by atoms with Gasteiger partial charge in [-0.25, -0.2) is 4.99 Å². The van der Waals surface area contributed by atoms with Crippen LogP contribution in [0.15, 0.2) is 41.2 Å². The van der Waals surface area contributed by atoms with E-state index >= 15 is 0 Å². The fourth-order valence-corrected chi connectivity index (χ4v) is 3.53. The van der Waals surface area contributed by atoms with Crippen LogP contribution in [0.25, 0.3) is 0 Å². The Balaban J connectivity index is 1.57. The summed E-state index contributed by atoms with van der Waals surface area (Å²) in [5, 5.41) is 12.8. The smallest absolute Gasteiger partial charge is 0.197 e. The van der Waals surface area contributed by atoms with E-state index in [1.165, 1.54) is 24.8 Å². The molecule has 0 saturated carbocycles. The second-order valence-corrected chi connectivity index (χ2v) is 7.09. The molecule has 2 aliphatic rings. The highest BCUT2D eigenvalue weighted by atomic mass is 35.5. The molecule has 6 heteroatoms. The van der Waals surface area contributed by atoms with Crippen molar-refractivity contribution in [3.63, 3.8) is 0 Å². The fraction of sp³-hybridized carbons (Fsp3) is 0.526. The van der Waals surface area contributed by atoms with Crippen molar-refractivity contribution in [1.29, 1.82) is 0 Å². The summed E-state index contributed by atoms with van der Waals surface area (Å²) in [6, 6.07) is 7.51. The molecule has 0 saturated heterocycles. The van der Waals surface area contributed by atoms with Gasteiger partial charge in [0.1, 0.15) is 5.75 Å². The molecule has 25 heavy (non-hydrogen) atoms. The number of phenolic OH excluding ortho intramolecular Hbond substituents is 1. The first-order valence-corrected chi connectivity index (χ1v) is 9.57. The monoisotopic (exact) mass is 362 g/mol. The average Bonchev–Trinajstić information content (AvgIpc) is 2.95. The summed E-state index contributed by atoms with van der Waals surface area (Å²) in [5.41, 5.74) is 1.84. The number of nitrogens with zero attached hydrogens (tertiary/aromatic N) is 3. The van der Waals surface area contributed by atoms with Crippen molar-refractivity contribution < 1.29 is 5.11 Å². The molecule has 0 aromatic heterocycles. The molecule has 1 aromatic carbocycles. The van der Waals surface area contributed by atoms with Gasteiger partial charge in [-0.3, -0.25) is 0 Å². The number of aliphatic imine (C=N–C) groups is 1. The largest absolute Gasteiger partial charge is 0.508 e. The zero-order valence-electron chi connectivity index (χ0n) is 14.8. The Bertz CT molecular complexity index is 646. The van der Waals surface area contributed by atoms with Gasteiger partial charge in [-0.1, -0.05) is 43.5 Å². The van der Waals surface area contributed by atoms with Gasteiger partial charge in [0.15, 0.2) is 11.5 Å². The molecule has 5 nitrogen and oxygen atoms in total. The maximum Gasteiger partial charge on any atom is 0.197 e. The maximum atomic E-state index is 9.57. The van der Waals surface area contributed by atoms with Crippen LogP contribution in [0.4, 0.5) is 0 Å². The van der Waals surface area contributed by atoms with Crippen LogP contribution < -0.4 is 5.32 Å². The van der Waals surface area contributed by atoms with Gasteiger partial charge < -0.3 is 20.2 Å². The van der Waals surface area contributed by atoms with E-state index < -0.39 is 0 Å². The number of hydrogen-bond acceptors (Lipinski definition) is 5. The summed E-state index contributed by atoms with van der Waals surface area (Å²) in [5.74, 6) is 1.34. The number of rotatable bonds is 8. The molecule has 136 valence electrons. The Morgan fingerprint density at radius 3 is 2.96 bits per heavy atom. The van der Waals surface area contributed by atoms with Crippen LogP contribution in [0.3, 0.4) is 0 Å². The molecule has 1 unspecified atom stereocenters. The van der Waals surface area contributed by atoms with E-state index in [1.54, 1.807) is 6.07 Å². The number of hydrogen-bond donors (Lipinski definition) is 2. The van der Waals surface area contributed by atoms with Crippen LogP contribution in [0.1, 0.15) is 38.2 Å². The third-order valence-corrected chi connectivity index (χ3v) is 4.77. The molecule has 2 N–H and O–H groups in total. The van der Waals surface area contributed by atoms with Gasteiger partial charge in [-0.2, -0.15) is 0 Å². The van der Waals surface area contributed by atoms with Crippen LogP contribution in [0.5, 0.6) is 5.75 Å². The highest BCUT2D eigenvalue weighted by molar-refractivity contribution is 6.22. The van der Waals surface area contributed by atoms with E-state index in [9.17, 15) is 5.11 Å². The van der Waals surface area contributed by atoms with Crippen LogP contribution in [-0.4, -0.2) is 46.1 Å². The standard InChI is InChI=1S/C19H27ClN4O/c1-2-3-4-11-24-14-23(13-17-18(24)22-19(20)21-17)10-6-8-15-7-5-9-16(25)12-15/h5,7,9,12-13,19,21,25H,2-4,6,8,10-11,14H2,1H3. The Labute approximate surface area is 155 Å². The number of aryl methyl sites for hydroxylation is 1. The summed E-state index contributed by atoms with van der Waals surface area (Å²) >= 11 is 6.15. The van der Waals surface area contributed by atoms with Crippen LogP contribution >= 0.6 is 11.6 Å². The van der Waals surface area contributed by atoms with E-state index in [0.29, 0.717) is 5.75 Å². The lowest BCUT2D eigenvalue weighted by atomic mass is 10.1. The van der Waals surface area contributed by atoms with E-state index in [4.69, 9.17) is 11.6 Å². The van der Waals surface area contributed by atoms with Gasteiger partial charge in [0.05, 0.1) is 12.4 Å². The SMILES string of the molecule is CCCCCN1CN(CCCc2cccc(O)c2)C=C2NC(Cl)N=C21. The quantitative estimate of drug-likeness (QED) is 0.422. The maximum absolute atomic E-state index is 9.57. The highest BCUT2D eigenvalue weighted by Gasteiger charge is 2.29. The molecule has 2 aliphatic heterocycles. The predicted molar refractivity (Wildman–Crippen MR) is 103 cm³/mol. The van der Waals surface area contributed by atoms with Crippen molar-refractivity contribution in [1.82, 2.24) is 15.1 Å². The van der Waals surface area contributed by atoms with Gasteiger partial charge >= 0.3 is 0 Å². The lowest BCUT2D eigenvalue weighted by molar-refractivity contribution is 0.230. The number of phenols is 1. The van der Waals surface area contributed by atoms with Crippen molar-refractivity contribution in [3.05, 3.63) is 41.7 Å². The number of unbranched alkanes of at least 4 members (excludes halogenated alkanes) is 2. The molecule has 0 spiro atoms. The Morgan fingerprint density at radius 1 is 1.28 bits per heavy atom. The van der Waals surface area contributed by atoms with Crippen molar-refractivity contribution in [2.45, 2.75) is 44.7 Å². The van der Waals surface area contributed by atoms with Crippen LogP contribution in [-0.2, 0) is 6.42 Å². The second kappa shape index (κ2) is 8.48. The molecule has 0 radical (unpaired) electrons. The molecular formula is C19H27ClN4O. The van der Waals surface area contributed by atoms with Gasteiger partial charge in [-0.15, -0.1) is 0 Å². The minimum Gasteiger partial charge on any atom is -0.508 e. The summed E-state index contributed by atoms with van der Waals surface area (Å²) < 4.78 is 0. The number of nitrogens with one attached hydrogen (secondary N) is 1. The Kier molecular flexibility index (Phi) is 6.08. The van der Waals surface area contributed by atoms with E-state index in [2.05, 4.69) is 39.3 Å². The summed E-state index contributed by atoms with van der Waals surface area (Å²) in [7, 11) is 0. The molecule has 2 heterocycles. The molecule has 0 bridgehead atoms. The number of alkyl halides is 1. The number of halogens is 1. The molecule has 3 rings (SSSR count). The van der Waals surface area contributed by atoms with Gasteiger partial charge in [0, 0.05) is 19.3 Å². The van der Waals surface area contributed by atoms with Gasteiger partial charge in [-0.05, 0) is 37.0 Å². The molecule has 1 aromatic rings. The normalized spacial score (nSPS) is 19.4. The van der Waals surface area contributed by atoms with Crippen LogP contribution in [0, 0.1) is 0 Å². The molecular weight excluding hydrogens is 336 g/mol. The fourth-order valence-electron chi connectivity index (χ4n) is 3.32. The van der Waals surface area contributed by atoms with E-state index in [1.807, 2.05) is 12.1 Å². The number of benzene rings is 1. The van der Waals surface area contributed by atoms with Crippen molar-refractivity contribution in [2.75, 3.05) is 19.8 Å². The summed E-state index contributed by atoms with van der Waals surface area (Å²) in [6.45, 7) is 5.06. The van der Waals surface area contributed by atoms with Gasteiger partial charge in [0.2, 0.25) is 0 Å². The molecule has 0 aliphatic carbocycles. The van der Waals surface area contributed by atoms with Crippen LogP contribution in [0.2, 0.25) is 0 Å². The predicted octanol–water partition coefficient (Wildman–Crippen LogP) is 3.46. The lowest BCUT2D eigenvalue weighted by Crippen LogP contribution is -2.45. The topological polar surface area (TPSA) is 51.1 Å². The molecule has 0 fully saturated rings. The Hall–Kier alpha value is -1.88. The number of aromatic hydroxyl groups is 1. The summed E-state index contributed by atoms with van der Waals surface area (Å²) in [4.78, 5) is 9.17. The van der Waals surface area contributed by atoms with Crippen molar-refractivity contribution >= 4 is 17.4 Å². The third kappa shape index (κ3) is 4.82.